The smallest absolute Gasteiger partial charge is 0.0953 e. The van der Waals surface area contributed by atoms with E-state index in [4.69, 9.17) is 17.3 Å². The minimum absolute atomic E-state index is 0. The van der Waals surface area contributed by atoms with E-state index in [9.17, 15) is 0 Å². The fourth-order valence-corrected chi connectivity index (χ4v) is 1.62. The summed E-state index contributed by atoms with van der Waals surface area (Å²) >= 11 is 6.06. The number of hydrogen-bond donors (Lipinski definition) is 1. The van der Waals surface area contributed by atoms with Crippen LogP contribution >= 0.6 is 24.0 Å². The van der Waals surface area contributed by atoms with Crippen molar-refractivity contribution in [3.63, 3.8) is 0 Å². The normalized spacial score (nSPS) is 9.88. The van der Waals surface area contributed by atoms with Crippen molar-refractivity contribution in [3.05, 3.63) is 53.1 Å². The number of halogens is 2. The molecule has 0 spiro atoms. The predicted molar refractivity (Wildman–Crippen MR) is 67.9 cm³/mol. The highest BCUT2D eigenvalue weighted by Crippen LogP contribution is 2.16. The summed E-state index contributed by atoms with van der Waals surface area (Å²) in [5.74, 6) is 0. The summed E-state index contributed by atoms with van der Waals surface area (Å²) < 4.78 is 1.98. The molecule has 1 aromatic carbocycles. The molecule has 0 bridgehead atoms. The second-order valence-corrected chi connectivity index (χ2v) is 3.74. The standard InChI is InChI=1S/C11H12ClN3.ClH/c12-11-4-2-1-3-9(11)6-15-7-10(5-13)14-8-15;/h1-4,7-8H,5-6,13H2;1H. The van der Waals surface area contributed by atoms with Gasteiger partial charge in [0.25, 0.3) is 0 Å². The van der Waals surface area contributed by atoms with Gasteiger partial charge in [0.2, 0.25) is 0 Å². The first-order chi connectivity index (χ1) is 7.29. The molecule has 0 amide bonds. The molecule has 2 N–H and O–H groups in total. The lowest BCUT2D eigenvalue weighted by Gasteiger charge is -2.04. The molecule has 0 aliphatic heterocycles. The molecule has 5 heteroatoms. The van der Waals surface area contributed by atoms with E-state index in [-0.39, 0.29) is 12.4 Å². The summed E-state index contributed by atoms with van der Waals surface area (Å²) in [6.07, 6.45) is 3.70. The Morgan fingerprint density at radius 3 is 2.69 bits per heavy atom. The number of hydrogen-bond acceptors (Lipinski definition) is 2. The third-order valence-electron chi connectivity index (χ3n) is 2.21. The Morgan fingerprint density at radius 1 is 1.31 bits per heavy atom. The van der Waals surface area contributed by atoms with Gasteiger partial charge in [-0.05, 0) is 11.6 Å². The highest BCUT2D eigenvalue weighted by Gasteiger charge is 2.01. The predicted octanol–water partition coefficient (Wildman–Crippen LogP) is 2.47. The highest BCUT2D eigenvalue weighted by atomic mass is 35.5. The SMILES string of the molecule is Cl.NCc1cn(Cc2ccccc2Cl)cn1. The molecule has 0 radical (unpaired) electrons. The largest absolute Gasteiger partial charge is 0.333 e. The van der Waals surface area contributed by atoms with Gasteiger partial charge in [0.1, 0.15) is 0 Å². The molecule has 86 valence electrons. The van der Waals surface area contributed by atoms with E-state index in [1.165, 1.54) is 0 Å². The monoisotopic (exact) mass is 257 g/mol. The van der Waals surface area contributed by atoms with Crippen molar-refractivity contribution in [3.8, 4) is 0 Å². The van der Waals surface area contributed by atoms with Crippen LogP contribution in [0.3, 0.4) is 0 Å². The van der Waals surface area contributed by atoms with Gasteiger partial charge in [-0.25, -0.2) is 4.98 Å². The number of benzene rings is 1. The molecule has 1 heterocycles. The van der Waals surface area contributed by atoms with E-state index in [0.29, 0.717) is 6.54 Å². The molecule has 16 heavy (non-hydrogen) atoms. The molecule has 0 aliphatic carbocycles. The molecule has 1 aromatic heterocycles. The van der Waals surface area contributed by atoms with Crippen molar-refractivity contribution in [1.82, 2.24) is 9.55 Å². The summed E-state index contributed by atoms with van der Waals surface area (Å²) in [5.41, 5.74) is 7.46. The summed E-state index contributed by atoms with van der Waals surface area (Å²) in [6, 6.07) is 7.79. The molecule has 0 atom stereocenters. The number of imidazole rings is 1. The van der Waals surface area contributed by atoms with E-state index >= 15 is 0 Å². The Morgan fingerprint density at radius 2 is 2.06 bits per heavy atom. The minimum Gasteiger partial charge on any atom is -0.333 e. The van der Waals surface area contributed by atoms with Gasteiger partial charge < -0.3 is 10.3 Å². The van der Waals surface area contributed by atoms with Gasteiger partial charge in [0.15, 0.2) is 0 Å². The van der Waals surface area contributed by atoms with E-state index < -0.39 is 0 Å². The molecule has 0 fully saturated rings. The molecule has 0 unspecified atom stereocenters. The third kappa shape index (κ3) is 2.98. The number of nitrogens with zero attached hydrogens (tertiary/aromatic N) is 2. The molecule has 0 saturated heterocycles. The Kier molecular flexibility index (Phi) is 4.80. The molecule has 3 nitrogen and oxygen atoms in total. The van der Waals surface area contributed by atoms with Crippen LogP contribution in [0.5, 0.6) is 0 Å². The first kappa shape index (κ1) is 13.0. The molecule has 0 aliphatic rings. The molecule has 0 saturated carbocycles. The second-order valence-electron chi connectivity index (χ2n) is 3.33. The highest BCUT2D eigenvalue weighted by molar-refractivity contribution is 6.31. The Labute approximate surface area is 106 Å². The van der Waals surface area contributed by atoms with Crippen LogP contribution in [0, 0.1) is 0 Å². The van der Waals surface area contributed by atoms with Crippen LogP contribution in [0.2, 0.25) is 5.02 Å². The van der Waals surface area contributed by atoms with Crippen LogP contribution in [0.25, 0.3) is 0 Å². The van der Waals surface area contributed by atoms with E-state index in [2.05, 4.69) is 4.98 Å². The molecule has 2 rings (SSSR count). The Bertz CT molecular complexity index is 454. The zero-order valence-corrected chi connectivity index (χ0v) is 10.2. The van der Waals surface area contributed by atoms with Crippen molar-refractivity contribution in [2.45, 2.75) is 13.1 Å². The summed E-state index contributed by atoms with van der Waals surface area (Å²) in [4.78, 5) is 4.16. The van der Waals surface area contributed by atoms with Crippen LogP contribution < -0.4 is 5.73 Å². The maximum atomic E-state index is 6.06. The van der Waals surface area contributed by atoms with Crippen molar-refractivity contribution in [2.75, 3.05) is 0 Å². The molecule has 2 aromatic rings. The lowest BCUT2D eigenvalue weighted by atomic mass is 10.2. The molecular formula is C11H13Cl2N3. The van der Waals surface area contributed by atoms with Gasteiger partial charge in [0, 0.05) is 24.3 Å². The average molecular weight is 258 g/mol. The number of nitrogens with two attached hydrogens (primary N) is 1. The van der Waals surface area contributed by atoms with E-state index in [0.717, 1.165) is 22.8 Å². The average Bonchev–Trinajstić information content (AvgIpc) is 2.69. The maximum Gasteiger partial charge on any atom is 0.0953 e. The maximum absolute atomic E-state index is 6.06. The van der Waals surface area contributed by atoms with Gasteiger partial charge >= 0.3 is 0 Å². The van der Waals surface area contributed by atoms with Crippen LogP contribution in [-0.4, -0.2) is 9.55 Å². The lowest BCUT2D eigenvalue weighted by molar-refractivity contribution is 0.796. The van der Waals surface area contributed by atoms with Crippen molar-refractivity contribution < 1.29 is 0 Å². The van der Waals surface area contributed by atoms with Crippen molar-refractivity contribution in [2.24, 2.45) is 5.73 Å². The van der Waals surface area contributed by atoms with Gasteiger partial charge in [-0.15, -0.1) is 12.4 Å². The van der Waals surface area contributed by atoms with Gasteiger partial charge in [-0.1, -0.05) is 29.8 Å². The topological polar surface area (TPSA) is 43.8 Å². The Hall–Kier alpha value is -1.03. The van der Waals surface area contributed by atoms with Crippen LogP contribution in [0.4, 0.5) is 0 Å². The van der Waals surface area contributed by atoms with Crippen molar-refractivity contribution in [1.29, 1.82) is 0 Å². The first-order valence-corrected chi connectivity index (χ1v) is 5.11. The second kappa shape index (κ2) is 5.89. The quantitative estimate of drug-likeness (QED) is 0.919. The van der Waals surface area contributed by atoms with Gasteiger partial charge in [-0.3, -0.25) is 0 Å². The fraction of sp³-hybridized carbons (Fsp3) is 0.182. The zero-order chi connectivity index (χ0) is 10.7. The van der Waals surface area contributed by atoms with Gasteiger partial charge in [-0.2, -0.15) is 0 Å². The summed E-state index contributed by atoms with van der Waals surface area (Å²) in [7, 11) is 0. The minimum atomic E-state index is 0. The Balaban J connectivity index is 0.00000128. The van der Waals surface area contributed by atoms with Crippen molar-refractivity contribution >= 4 is 24.0 Å². The van der Waals surface area contributed by atoms with E-state index in [1.54, 1.807) is 6.33 Å². The number of rotatable bonds is 3. The van der Waals surface area contributed by atoms with E-state index in [1.807, 2.05) is 35.0 Å². The molecular weight excluding hydrogens is 245 g/mol. The summed E-state index contributed by atoms with van der Waals surface area (Å²) in [5, 5.41) is 0.778. The van der Waals surface area contributed by atoms with Crippen LogP contribution in [0.1, 0.15) is 11.3 Å². The first-order valence-electron chi connectivity index (χ1n) is 4.73. The van der Waals surface area contributed by atoms with Crippen LogP contribution in [-0.2, 0) is 13.1 Å². The lowest BCUT2D eigenvalue weighted by Crippen LogP contribution is -1.98. The number of aromatic nitrogens is 2. The fourth-order valence-electron chi connectivity index (χ4n) is 1.42. The van der Waals surface area contributed by atoms with Crippen LogP contribution in [0.15, 0.2) is 36.8 Å². The third-order valence-corrected chi connectivity index (χ3v) is 2.58. The summed E-state index contributed by atoms with van der Waals surface area (Å²) in [6.45, 7) is 1.20. The zero-order valence-electron chi connectivity index (χ0n) is 8.64. The van der Waals surface area contributed by atoms with Gasteiger partial charge in [0.05, 0.1) is 12.0 Å².